The molecule has 0 fully saturated rings. The minimum absolute atomic E-state index is 0.0797. The molecule has 0 amide bonds. The van der Waals surface area contributed by atoms with Gasteiger partial charge in [0.05, 0.1) is 15.6 Å². The van der Waals surface area contributed by atoms with E-state index in [1.807, 2.05) is 31.2 Å². The van der Waals surface area contributed by atoms with E-state index in [9.17, 15) is 15.2 Å². The van der Waals surface area contributed by atoms with E-state index in [1.54, 1.807) is 0 Å². The Balaban J connectivity index is 1.84. The molecular weight excluding hydrogens is 320 g/mol. The minimum Gasteiger partial charge on any atom is -0.491 e. The first-order chi connectivity index (χ1) is 11.0. The van der Waals surface area contributed by atoms with Crippen molar-refractivity contribution in [3.8, 4) is 5.75 Å². The monoisotopic (exact) mass is 336 g/mol. The molecule has 0 bridgehead atoms. The number of hydrogen-bond donors (Lipinski definition) is 2. The summed E-state index contributed by atoms with van der Waals surface area (Å²) in [5.41, 5.74) is 1.52. The zero-order chi connectivity index (χ0) is 16.8. The maximum Gasteiger partial charge on any atom is 0.271 e. The number of aliphatic hydroxyl groups is 1. The zero-order valence-corrected chi connectivity index (χ0v) is 13.3. The summed E-state index contributed by atoms with van der Waals surface area (Å²) < 4.78 is 5.51. The van der Waals surface area contributed by atoms with Crippen molar-refractivity contribution in [3.63, 3.8) is 0 Å². The molecule has 0 radical (unpaired) electrons. The third-order valence-corrected chi connectivity index (χ3v) is 3.44. The standard InChI is InChI=1S/C16H17ClN2O4/c1-11-3-2-4-14(7-11)23-10-13(20)9-18-16-6-5-12(19(21)22)8-15(16)17/h2-8,13,18,20H,9-10H2,1H3. The van der Waals surface area contributed by atoms with Crippen LogP contribution in [0.4, 0.5) is 11.4 Å². The molecule has 2 aromatic carbocycles. The number of nitro groups is 1. The highest BCUT2D eigenvalue weighted by Gasteiger charge is 2.11. The van der Waals surface area contributed by atoms with E-state index < -0.39 is 11.0 Å². The van der Waals surface area contributed by atoms with Crippen LogP contribution in [0.25, 0.3) is 0 Å². The topological polar surface area (TPSA) is 84.6 Å². The Bertz CT molecular complexity index is 694. The van der Waals surface area contributed by atoms with Gasteiger partial charge in [-0.2, -0.15) is 0 Å². The van der Waals surface area contributed by atoms with E-state index in [-0.39, 0.29) is 23.9 Å². The van der Waals surface area contributed by atoms with Gasteiger partial charge in [-0.05, 0) is 30.7 Å². The lowest BCUT2D eigenvalue weighted by molar-refractivity contribution is -0.384. The summed E-state index contributed by atoms with van der Waals surface area (Å²) in [5, 5.41) is 23.8. The average molecular weight is 337 g/mol. The molecule has 0 aliphatic carbocycles. The van der Waals surface area contributed by atoms with Gasteiger partial charge in [-0.25, -0.2) is 0 Å². The van der Waals surface area contributed by atoms with Crippen molar-refractivity contribution in [2.45, 2.75) is 13.0 Å². The molecule has 2 N–H and O–H groups in total. The summed E-state index contributed by atoms with van der Waals surface area (Å²) in [6, 6.07) is 11.7. The SMILES string of the molecule is Cc1cccc(OCC(O)CNc2ccc([N+](=O)[O-])cc2Cl)c1. The quantitative estimate of drug-likeness (QED) is 0.598. The number of ether oxygens (including phenoxy) is 1. The molecule has 0 saturated carbocycles. The van der Waals surface area contributed by atoms with Gasteiger partial charge in [0, 0.05) is 18.7 Å². The molecule has 0 aliphatic rings. The van der Waals surface area contributed by atoms with Crippen molar-refractivity contribution in [3.05, 3.63) is 63.2 Å². The summed E-state index contributed by atoms with van der Waals surface area (Å²) in [6.07, 6.45) is -0.748. The Morgan fingerprint density at radius 1 is 1.35 bits per heavy atom. The van der Waals surface area contributed by atoms with Gasteiger partial charge in [0.1, 0.15) is 18.5 Å². The number of rotatable bonds is 7. The molecule has 2 rings (SSSR count). The van der Waals surface area contributed by atoms with Crippen LogP contribution in [0.15, 0.2) is 42.5 Å². The lowest BCUT2D eigenvalue weighted by Crippen LogP contribution is -2.26. The van der Waals surface area contributed by atoms with Crippen LogP contribution >= 0.6 is 11.6 Å². The van der Waals surface area contributed by atoms with Gasteiger partial charge < -0.3 is 15.2 Å². The van der Waals surface area contributed by atoms with E-state index in [4.69, 9.17) is 16.3 Å². The average Bonchev–Trinajstić information content (AvgIpc) is 2.51. The number of halogens is 1. The number of aliphatic hydroxyl groups excluding tert-OH is 1. The first-order valence-corrected chi connectivity index (χ1v) is 7.39. The normalized spacial score (nSPS) is 11.8. The maximum absolute atomic E-state index is 10.6. The third kappa shape index (κ3) is 5.12. The molecule has 23 heavy (non-hydrogen) atoms. The summed E-state index contributed by atoms with van der Waals surface area (Å²) in [7, 11) is 0. The highest BCUT2D eigenvalue weighted by Crippen LogP contribution is 2.26. The number of non-ortho nitro benzene ring substituents is 1. The smallest absolute Gasteiger partial charge is 0.271 e. The Morgan fingerprint density at radius 2 is 2.13 bits per heavy atom. The number of anilines is 1. The number of hydrogen-bond acceptors (Lipinski definition) is 5. The van der Waals surface area contributed by atoms with Crippen molar-refractivity contribution < 1.29 is 14.8 Å². The molecular formula is C16H17ClN2O4. The van der Waals surface area contributed by atoms with Gasteiger partial charge in [0.2, 0.25) is 0 Å². The fraction of sp³-hybridized carbons (Fsp3) is 0.250. The Kier molecular flexibility index (Phi) is 5.78. The molecule has 1 unspecified atom stereocenters. The molecule has 0 heterocycles. The van der Waals surface area contributed by atoms with Crippen LogP contribution in [0.2, 0.25) is 5.02 Å². The van der Waals surface area contributed by atoms with E-state index >= 15 is 0 Å². The van der Waals surface area contributed by atoms with Gasteiger partial charge in [0.15, 0.2) is 0 Å². The molecule has 122 valence electrons. The summed E-state index contributed by atoms with van der Waals surface area (Å²) in [5.74, 6) is 0.692. The van der Waals surface area contributed by atoms with Crippen molar-refractivity contribution in [2.75, 3.05) is 18.5 Å². The Morgan fingerprint density at radius 3 is 2.78 bits per heavy atom. The van der Waals surface area contributed by atoms with Crippen LogP contribution in [-0.4, -0.2) is 29.3 Å². The second kappa shape index (κ2) is 7.80. The summed E-state index contributed by atoms with van der Waals surface area (Å²) in [4.78, 5) is 10.1. The fourth-order valence-electron chi connectivity index (χ4n) is 1.95. The Labute approximate surface area is 138 Å². The maximum atomic E-state index is 10.6. The van der Waals surface area contributed by atoms with Crippen molar-refractivity contribution in [1.82, 2.24) is 0 Å². The van der Waals surface area contributed by atoms with Crippen LogP contribution in [0.1, 0.15) is 5.56 Å². The van der Waals surface area contributed by atoms with Crippen molar-refractivity contribution in [2.24, 2.45) is 0 Å². The first kappa shape index (κ1) is 17.1. The highest BCUT2D eigenvalue weighted by atomic mass is 35.5. The third-order valence-electron chi connectivity index (χ3n) is 3.12. The fourth-order valence-corrected chi connectivity index (χ4v) is 2.19. The molecule has 1 atom stereocenters. The van der Waals surface area contributed by atoms with Crippen molar-refractivity contribution >= 4 is 23.0 Å². The molecule has 2 aromatic rings. The number of nitrogens with one attached hydrogen (secondary N) is 1. The summed E-state index contributed by atoms with van der Waals surface area (Å²) >= 11 is 5.97. The predicted molar refractivity (Wildman–Crippen MR) is 89.3 cm³/mol. The Hall–Kier alpha value is -2.31. The lowest BCUT2D eigenvalue weighted by atomic mass is 10.2. The number of nitro benzene ring substituents is 1. The second-order valence-electron chi connectivity index (χ2n) is 5.08. The van der Waals surface area contributed by atoms with Crippen LogP contribution < -0.4 is 10.1 Å². The second-order valence-corrected chi connectivity index (χ2v) is 5.49. The van der Waals surface area contributed by atoms with Gasteiger partial charge in [-0.15, -0.1) is 0 Å². The largest absolute Gasteiger partial charge is 0.491 e. The number of benzene rings is 2. The first-order valence-electron chi connectivity index (χ1n) is 7.01. The molecule has 0 aromatic heterocycles. The molecule has 7 heteroatoms. The lowest BCUT2D eigenvalue weighted by Gasteiger charge is -2.15. The van der Waals surface area contributed by atoms with Crippen LogP contribution in [-0.2, 0) is 0 Å². The van der Waals surface area contributed by atoms with Crippen LogP contribution in [0.5, 0.6) is 5.75 Å². The van der Waals surface area contributed by atoms with Gasteiger partial charge in [0.25, 0.3) is 5.69 Å². The van der Waals surface area contributed by atoms with E-state index in [0.29, 0.717) is 11.4 Å². The zero-order valence-electron chi connectivity index (χ0n) is 12.5. The van der Waals surface area contributed by atoms with Gasteiger partial charge in [-0.3, -0.25) is 10.1 Å². The summed E-state index contributed by atoms with van der Waals surface area (Å²) in [6.45, 7) is 2.30. The van der Waals surface area contributed by atoms with E-state index in [0.717, 1.165) is 5.56 Å². The molecule has 0 saturated heterocycles. The van der Waals surface area contributed by atoms with Crippen LogP contribution in [0.3, 0.4) is 0 Å². The minimum atomic E-state index is -0.748. The van der Waals surface area contributed by atoms with Crippen molar-refractivity contribution in [1.29, 1.82) is 0 Å². The van der Waals surface area contributed by atoms with Gasteiger partial charge in [-0.1, -0.05) is 23.7 Å². The molecule has 6 nitrogen and oxygen atoms in total. The van der Waals surface area contributed by atoms with Crippen LogP contribution in [0, 0.1) is 17.0 Å². The number of aryl methyl sites for hydroxylation is 1. The molecule has 0 aliphatic heterocycles. The predicted octanol–water partition coefficient (Wildman–Crippen LogP) is 3.41. The number of nitrogens with zero attached hydrogens (tertiary/aromatic N) is 1. The molecule has 0 spiro atoms. The van der Waals surface area contributed by atoms with E-state index in [1.165, 1.54) is 18.2 Å². The van der Waals surface area contributed by atoms with Gasteiger partial charge >= 0.3 is 0 Å². The van der Waals surface area contributed by atoms with E-state index in [2.05, 4.69) is 5.32 Å². The highest BCUT2D eigenvalue weighted by molar-refractivity contribution is 6.33.